The van der Waals surface area contributed by atoms with Crippen molar-refractivity contribution in [3.8, 4) is 0 Å². The van der Waals surface area contributed by atoms with Crippen molar-refractivity contribution in [3.05, 3.63) is 0 Å². The van der Waals surface area contributed by atoms with Gasteiger partial charge in [0.25, 0.3) is 0 Å². The number of hydrogen-bond acceptors (Lipinski definition) is 1. The molecular weight excluding hydrogens is 242 g/mol. The molecule has 82 valence electrons. The summed E-state index contributed by atoms with van der Waals surface area (Å²) in [5, 5.41) is 4.11. The molecule has 0 aromatic heterocycles. The van der Waals surface area contributed by atoms with Gasteiger partial charge in [0.15, 0.2) is 0 Å². The molecule has 1 fully saturated rings. The Hall–Kier alpha value is -0.0500. The summed E-state index contributed by atoms with van der Waals surface area (Å²) in [7, 11) is 0. The van der Waals surface area contributed by atoms with E-state index in [1.165, 1.54) is 19.3 Å². The maximum absolute atomic E-state index is 11.3. The normalized spacial score (nSPS) is 26.4. The van der Waals surface area contributed by atoms with Crippen molar-refractivity contribution in [3.63, 3.8) is 0 Å². The smallest absolute Gasteiger partial charge is 0.219 e. The molecule has 1 rings (SSSR count). The van der Waals surface area contributed by atoms with Crippen molar-refractivity contribution >= 4 is 21.8 Å². The first-order chi connectivity index (χ1) is 6.77. The van der Waals surface area contributed by atoms with Gasteiger partial charge in [0.05, 0.1) is 0 Å². The van der Waals surface area contributed by atoms with Crippen LogP contribution in [0.1, 0.15) is 39.0 Å². The van der Waals surface area contributed by atoms with Crippen molar-refractivity contribution in [2.75, 3.05) is 11.9 Å². The minimum Gasteiger partial charge on any atom is -0.356 e. The summed E-state index contributed by atoms with van der Waals surface area (Å²) in [6.45, 7) is 2.92. The Bertz CT molecular complexity index is 184. The SMILES string of the molecule is CCCC(=O)NCC1CCCC1CBr. The average Bonchev–Trinajstić information content (AvgIpc) is 2.62. The topological polar surface area (TPSA) is 29.1 Å². The number of alkyl halides is 1. The fourth-order valence-electron chi connectivity index (χ4n) is 2.15. The van der Waals surface area contributed by atoms with E-state index in [4.69, 9.17) is 0 Å². The summed E-state index contributed by atoms with van der Waals surface area (Å²) in [6, 6.07) is 0. The van der Waals surface area contributed by atoms with Gasteiger partial charge in [0.2, 0.25) is 5.91 Å². The maximum Gasteiger partial charge on any atom is 0.219 e. The number of carbonyl (C=O) groups is 1. The fraction of sp³-hybridized carbons (Fsp3) is 0.909. The van der Waals surface area contributed by atoms with Crippen LogP contribution >= 0.6 is 15.9 Å². The van der Waals surface area contributed by atoms with Gasteiger partial charge in [-0.1, -0.05) is 29.3 Å². The zero-order chi connectivity index (χ0) is 10.4. The van der Waals surface area contributed by atoms with E-state index in [0.717, 1.165) is 24.2 Å². The van der Waals surface area contributed by atoms with E-state index < -0.39 is 0 Å². The van der Waals surface area contributed by atoms with E-state index in [2.05, 4.69) is 21.2 Å². The molecule has 0 aliphatic heterocycles. The standard InChI is InChI=1S/C11H20BrNO/c1-2-4-11(14)13-8-10-6-3-5-9(10)7-12/h9-10H,2-8H2,1H3,(H,13,14). The van der Waals surface area contributed by atoms with Gasteiger partial charge >= 0.3 is 0 Å². The molecule has 1 aliphatic carbocycles. The van der Waals surface area contributed by atoms with E-state index in [1.54, 1.807) is 0 Å². The van der Waals surface area contributed by atoms with Crippen LogP contribution in [0.3, 0.4) is 0 Å². The van der Waals surface area contributed by atoms with Crippen molar-refractivity contribution in [2.24, 2.45) is 11.8 Å². The van der Waals surface area contributed by atoms with Gasteiger partial charge < -0.3 is 5.32 Å². The minimum atomic E-state index is 0.215. The first kappa shape index (κ1) is 12.0. The van der Waals surface area contributed by atoms with Crippen LogP contribution in [0.2, 0.25) is 0 Å². The Morgan fingerprint density at radius 2 is 2.14 bits per heavy atom. The summed E-state index contributed by atoms with van der Waals surface area (Å²) in [6.07, 6.45) is 5.54. The monoisotopic (exact) mass is 261 g/mol. The van der Waals surface area contributed by atoms with Crippen molar-refractivity contribution < 1.29 is 4.79 Å². The number of carbonyl (C=O) groups excluding carboxylic acids is 1. The average molecular weight is 262 g/mol. The Morgan fingerprint density at radius 3 is 2.79 bits per heavy atom. The summed E-state index contributed by atoms with van der Waals surface area (Å²) >= 11 is 3.54. The molecule has 0 saturated heterocycles. The van der Waals surface area contributed by atoms with Crippen LogP contribution in [0.5, 0.6) is 0 Å². The highest BCUT2D eigenvalue weighted by atomic mass is 79.9. The van der Waals surface area contributed by atoms with Gasteiger partial charge in [-0.3, -0.25) is 4.79 Å². The first-order valence-electron chi connectivity index (χ1n) is 5.60. The van der Waals surface area contributed by atoms with E-state index >= 15 is 0 Å². The van der Waals surface area contributed by atoms with Crippen LogP contribution in [-0.4, -0.2) is 17.8 Å². The first-order valence-corrected chi connectivity index (χ1v) is 6.72. The Kier molecular flexibility index (Phi) is 5.53. The quantitative estimate of drug-likeness (QED) is 0.758. The van der Waals surface area contributed by atoms with E-state index in [1.807, 2.05) is 6.92 Å². The van der Waals surface area contributed by atoms with Gasteiger partial charge in [-0.2, -0.15) is 0 Å². The third kappa shape index (κ3) is 3.60. The molecule has 2 nitrogen and oxygen atoms in total. The lowest BCUT2D eigenvalue weighted by atomic mass is 9.98. The number of nitrogens with one attached hydrogen (secondary N) is 1. The lowest BCUT2D eigenvalue weighted by molar-refractivity contribution is -0.121. The highest BCUT2D eigenvalue weighted by molar-refractivity contribution is 9.09. The Balaban J connectivity index is 2.20. The molecular formula is C11H20BrNO. The molecule has 0 bridgehead atoms. The molecule has 0 aromatic carbocycles. The molecule has 1 saturated carbocycles. The van der Waals surface area contributed by atoms with E-state index in [9.17, 15) is 4.79 Å². The van der Waals surface area contributed by atoms with Crippen LogP contribution in [0.4, 0.5) is 0 Å². The predicted molar refractivity (Wildman–Crippen MR) is 62.5 cm³/mol. The molecule has 1 amide bonds. The van der Waals surface area contributed by atoms with Crippen molar-refractivity contribution in [2.45, 2.75) is 39.0 Å². The van der Waals surface area contributed by atoms with Gasteiger partial charge in [-0.05, 0) is 31.1 Å². The largest absolute Gasteiger partial charge is 0.356 e. The van der Waals surface area contributed by atoms with Crippen LogP contribution in [-0.2, 0) is 4.79 Å². The van der Waals surface area contributed by atoms with Gasteiger partial charge in [0.1, 0.15) is 0 Å². The zero-order valence-electron chi connectivity index (χ0n) is 8.89. The molecule has 2 atom stereocenters. The second kappa shape index (κ2) is 6.44. The molecule has 0 aromatic rings. The molecule has 1 aliphatic rings. The molecule has 0 heterocycles. The highest BCUT2D eigenvalue weighted by Crippen LogP contribution is 2.32. The summed E-state index contributed by atoms with van der Waals surface area (Å²) < 4.78 is 0. The second-order valence-electron chi connectivity index (χ2n) is 4.16. The number of halogens is 1. The highest BCUT2D eigenvalue weighted by Gasteiger charge is 2.26. The van der Waals surface area contributed by atoms with Crippen LogP contribution in [0.15, 0.2) is 0 Å². The van der Waals surface area contributed by atoms with Gasteiger partial charge in [-0.25, -0.2) is 0 Å². The summed E-state index contributed by atoms with van der Waals surface area (Å²) in [5.41, 5.74) is 0. The number of rotatable bonds is 5. The number of hydrogen-bond donors (Lipinski definition) is 1. The Morgan fingerprint density at radius 1 is 1.43 bits per heavy atom. The van der Waals surface area contributed by atoms with E-state index in [-0.39, 0.29) is 5.91 Å². The van der Waals surface area contributed by atoms with Gasteiger partial charge in [-0.15, -0.1) is 0 Å². The lowest BCUT2D eigenvalue weighted by Crippen LogP contribution is -2.30. The molecule has 3 heteroatoms. The third-order valence-electron chi connectivity index (χ3n) is 3.05. The lowest BCUT2D eigenvalue weighted by Gasteiger charge is -2.17. The minimum absolute atomic E-state index is 0.215. The third-order valence-corrected chi connectivity index (χ3v) is 3.88. The van der Waals surface area contributed by atoms with Crippen LogP contribution in [0.25, 0.3) is 0 Å². The molecule has 1 N–H and O–H groups in total. The number of amides is 1. The fourth-order valence-corrected chi connectivity index (χ4v) is 3.00. The van der Waals surface area contributed by atoms with Crippen LogP contribution in [0, 0.1) is 11.8 Å². The van der Waals surface area contributed by atoms with Gasteiger partial charge in [0, 0.05) is 18.3 Å². The molecule has 2 unspecified atom stereocenters. The maximum atomic E-state index is 11.3. The van der Waals surface area contributed by atoms with Crippen molar-refractivity contribution in [1.82, 2.24) is 5.32 Å². The predicted octanol–water partition coefficient (Wildman–Crippen LogP) is 2.71. The van der Waals surface area contributed by atoms with Crippen molar-refractivity contribution in [1.29, 1.82) is 0 Å². The zero-order valence-corrected chi connectivity index (χ0v) is 10.5. The second-order valence-corrected chi connectivity index (χ2v) is 4.81. The molecule has 0 radical (unpaired) electrons. The van der Waals surface area contributed by atoms with Crippen LogP contribution < -0.4 is 5.32 Å². The Labute approximate surface area is 95.0 Å². The van der Waals surface area contributed by atoms with E-state index in [0.29, 0.717) is 12.3 Å². The summed E-state index contributed by atoms with van der Waals surface area (Å²) in [5.74, 6) is 1.69. The summed E-state index contributed by atoms with van der Waals surface area (Å²) in [4.78, 5) is 11.3. The molecule has 14 heavy (non-hydrogen) atoms. The molecule has 0 spiro atoms.